The van der Waals surface area contributed by atoms with E-state index in [-0.39, 0.29) is 18.3 Å². The zero-order valence-electron chi connectivity index (χ0n) is 11.6. The van der Waals surface area contributed by atoms with Crippen molar-refractivity contribution < 1.29 is 4.79 Å². The third-order valence-corrected chi connectivity index (χ3v) is 4.10. The molecule has 0 unspecified atom stereocenters. The Morgan fingerprint density at radius 1 is 1.48 bits per heavy atom. The minimum atomic E-state index is -0.264. The number of halogens is 1. The smallest absolute Gasteiger partial charge is 0.279 e. The molecule has 21 heavy (non-hydrogen) atoms. The van der Waals surface area contributed by atoms with Gasteiger partial charge in [0.05, 0.1) is 12.2 Å². The molecule has 0 aromatic carbocycles. The van der Waals surface area contributed by atoms with E-state index in [1.807, 2.05) is 6.92 Å². The first kappa shape index (κ1) is 15.9. The van der Waals surface area contributed by atoms with Crippen LogP contribution >= 0.6 is 23.7 Å². The Morgan fingerprint density at radius 2 is 2.24 bits per heavy atom. The van der Waals surface area contributed by atoms with Crippen molar-refractivity contribution in [3.63, 3.8) is 0 Å². The molecule has 0 atom stereocenters. The van der Waals surface area contributed by atoms with Crippen LogP contribution in [0.25, 0.3) is 0 Å². The monoisotopic (exact) mass is 328 g/mol. The van der Waals surface area contributed by atoms with Gasteiger partial charge in [0.15, 0.2) is 10.8 Å². The molecule has 0 spiro atoms. The molecular weight excluding hydrogens is 312 g/mol. The molecule has 2 aromatic heterocycles. The molecule has 9 heteroatoms. The summed E-state index contributed by atoms with van der Waals surface area (Å²) in [7, 11) is 0. The van der Waals surface area contributed by atoms with E-state index in [2.05, 4.69) is 25.9 Å². The fourth-order valence-electron chi connectivity index (χ4n) is 2.20. The van der Waals surface area contributed by atoms with Crippen LogP contribution in [0, 0.1) is 6.92 Å². The van der Waals surface area contributed by atoms with Crippen LogP contribution in [-0.2, 0) is 0 Å². The number of hydrogen-bond acceptors (Lipinski definition) is 6. The van der Waals surface area contributed by atoms with Crippen LogP contribution in [0.4, 0.5) is 5.13 Å². The highest BCUT2D eigenvalue weighted by molar-refractivity contribution is 7.15. The molecule has 2 N–H and O–H groups in total. The van der Waals surface area contributed by atoms with Gasteiger partial charge in [-0.05, 0) is 32.9 Å². The van der Waals surface area contributed by atoms with Crippen molar-refractivity contribution in [2.75, 3.05) is 18.4 Å². The zero-order chi connectivity index (χ0) is 13.9. The quantitative estimate of drug-likeness (QED) is 0.894. The molecule has 1 aliphatic heterocycles. The van der Waals surface area contributed by atoms with Crippen molar-refractivity contribution in [3.05, 3.63) is 23.0 Å². The standard InChI is InChI=1S/C12H16N6OS.ClH/c1-8-6-14-12(20-8)15-11(19)10-7-18(17-16-10)9-2-4-13-5-3-9;/h6-7,9,13H,2-5H2,1H3,(H,14,15,19);1H. The topological polar surface area (TPSA) is 84.7 Å². The lowest BCUT2D eigenvalue weighted by Crippen LogP contribution is -2.29. The van der Waals surface area contributed by atoms with E-state index in [0.29, 0.717) is 16.9 Å². The second-order valence-electron chi connectivity index (χ2n) is 4.80. The number of nitrogens with one attached hydrogen (secondary N) is 2. The maximum Gasteiger partial charge on any atom is 0.279 e. The molecule has 0 saturated carbocycles. The zero-order valence-corrected chi connectivity index (χ0v) is 13.2. The highest BCUT2D eigenvalue weighted by atomic mass is 35.5. The molecule has 1 aliphatic rings. The minimum absolute atomic E-state index is 0. The number of amides is 1. The number of aryl methyl sites for hydroxylation is 1. The fourth-order valence-corrected chi connectivity index (χ4v) is 2.86. The molecule has 0 aliphatic carbocycles. The van der Waals surface area contributed by atoms with Crippen LogP contribution in [0.1, 0.15) is 34.2 Å². The lowest BCUT2D eigenvalue weighted by molar-refractivity contribution is 0.102. The second kappa shape index (κ2) is 6.97. The van der Waals surface area contributed by atoms with Gasteiger partial charge < -0.3 is 5.32 Å². The normalized spacial score (nSPS) is 15.5. The summed E-state index contributed by atoms with van der Waals surface area (Å²) in [6.45, 7) is 3.90. The number of piperidine rings is 1. The van der Waals surface area contributed by atoms with Gasteiger partial charge in [-0.15, -0.1) is 28.8 Å². The van der Waals surface area contributed by atoms with Gasteiger partial charge >= 0.3 is 0 Å². The number of aromatic nitrogens is 4. The van der Waals surface area contributed by atoms with Crippen LogP contribution in [0.15, 0.2) is 12.4 Å². The van der Waals surface area contributed by atoms with Gasteiger partial charge in [-0.25, -0.2) is 9.67 Å². The molecule has 1 saturated heterocycles. The SMILES string of the molecule is Cc1cnc(NC(=O)c2cn(C3CCNCC3)nn2)s1.Cl. The van der Waals surface area contributed by atoms with E-state index >= 15 is 0 Å². The molecule has 3 rings (SSSR count). The van der Waals surface area contributed by atoms with Crippen molar-refractivity contribution in [1.82, 2.24) is 25.3 Å². The van der Waals surface area contributed by atoms with Crippen LogP contribution in [-0.4, -0.2) is 39.0 Å². The Kier molecular flexibility index (Phi) is 5.27. The third-order valence-electron chi connectivity index (χ3n) is 3.27. The van der Waals surface area contributed by atoms with Crippen LogP contribution in [0.3, 0.4) is 0 Å². The van der Waals surface area contributed by atoms with Crippen LogP contribution in [0.5, 0.6) is 0 Å². The van der Waals surface area contributed by atoms with E-state index < -0.39 is 0 Å². The van der Waals surface area contributed by atoms with Crippen molar-refractivity contribution in [2.45, 2.75) is 25.8 Å². The number of nitrogens with zero attached hydrogens (tertiary/aromatic N) is 4. The first-order valence-electron chi connectivity index (χ1n) is 6.59. The Hall–Kier alpha value is -1.51. The van der Waals surface area contributed by atoms with Gasteiger partial charge in [0.1, 0.15) is 0 Å². The number of hydrogen-bond donors (Lipinski definition) is 2. The molecule has 0 bridgehead atoms. The minimum Gasteiger partial charge on any atom is -0.317 e. The molecule has 1 amide bonds. The van der Waals surface area contributed by atoms with Crippen LogP contribution in [0.2, 0.25) is 0 Å². The second-order valence-corrected chi connectivity index (χ2v) is 6.03. The van der Waals surface area contributed by atoms with Gasteiger partial charge in [-0.1, -0.05) is 5.21 Å². The van der Waals surface area contributed by atoms with Gasteiger partial charge in [0.2, 0.25) is 0 Å². The maximum absolute atomic E-state index is 12.0. The van der Waals surface area contributed by atoms with Crippen LogP contribution < -0.4 is 10.6 Å². The van der Waals surface area contributed by atoms with E-state index in [9.17, 15) is 4.79 Å². The van der Waals surface area contributed by atoms with Gasteiger partial charge in [-0.2, -0.15) is 0 Å². The van der Waals surface area contributed by atoms with Crippen molar-refractivity contribution in [3.8, 4) is 0 Å². The predicted molar refractivity (Wildman–Crippen MR) is 83.2 cm³/mol. The highest BCUT2D eigenvalue weighted by Crippen LogP contribution is 2.19. The average molecular weight is 329 g/mol. The largest absolute Gasteiger partial charge is 0.317 e. The van der Waals surface area contributed by atoms with Gasteiger partial charge in [-0.3, -0.25) is 10.1 Å². The number of anilines is 1. The number of thiazole rings is 1. The number of carbonyl (C=O) groups is 1. The summed E-state index contributed by atoms with van der Waals surface area (Å²) in [5.41, 5.74) is 0.330. The average Bonchev–Trinajstić information content (AvgIpc) is 3.09. The van der Waals surface area contributed by atoms with Crippen molar-refractivity contribution in [2.24, 2.45) is 0 Å². The molecule has 0 radical (unpaired) electrons. The molecule has 1 fully saturated rings. The van der Waals surface area contributed by atoms with Crippen molar-refractivity contribution >= 4 is 34.8 Å². The first-order chi connectivity index (χ1) is 9.72. The molecule has 114 valence electrons. The summed E-state index contributed by atoms with van der Waals surface area (Å²) in [4.78, 5) is 17.2. The maximum atomic E-state index is 12.0. The Bertz CT molecular complexity index is 606. The third kappa shape index (κ3) is 3.78. The molecular formula is C12H17ClN6OS. The number of carbonyl (C=O) groups excluding carboxylic acids is 1. The Labute approximate surface area is 132 Å². The summed E-state index contributed by atoms with van der Waals surface area (Å²) >= 11 is 1.44. The fraction of sp³-hybridized carbons (Fsp3) is 0.500. The lowest BCUT2D eigenvalue weighted by Gasteiger charge is -2.21. The summed E-state index contributed by atoms with van der Waals surface area (Å²) in [5.74, 6) is -0.264. The molecule has 3 heterocycles. The summed E-state index contributed by atoms with van der Waals surface area (Å²) in [5, 5.41) is 14.6. The Morgan fingerprint density at radius 3 is 2.90 bits per heavy atom. The molecule has 2 aromatic rings. The van der Waals surface area contributed by atoms with E-state index in [0.717, 1.165) is 30.8 Å². The van der Waals surface area contributed by atoms with Gasteiger partial charge in [0, 0.05) is 11.1 Å². The van der Waals surface area contributed by atoms with Crippen molar-refractivity contribution in [1.29, 1.82) is 0 Å². The Balaban J connectivity index is 0.00000161. The summed E-state index contributed by atoms with van der Waals surface area (Å²) in [6, 6.07) is 0.326. The summed E-state index contributed by atoms with van der Waals surface area (Å²) < 4.78 is 1.79. The van der Waals surface area contributed by atoms with E-state index in [4.69, 9.17) is 0 Å². The van der Waals surface area contributed by atoms with E-state index in [1.54, 1.807) is 17.1 Å². The molecule has 7 nitrogen and oxygen atoms in total. The summed E-state index contributed by atoms with van der Waals surface area (Å²) in [6.07, 6.45) is 5.46. The number of rotatable bonds is 3. The predicted octanol–water partition coefficient (Wildman–Crippen LogP) is 1.64. The highest BCUT2D eigenvalue weighted by Gasteiger charge is 2.19. The first-order valence-corrected chi connectivity index (χ1v) is 7.40. The van der Waals surface area contributed by atoms with E-state index in [1.165, 1.54) is 11.3 Å². The lowest BCUT2D eigenvalue weighted by atomic mass is 10.1. The van der Waals surface area contributed by atoms with Gasteiger partial charge in [0.25, 0.3) is 5.91 Å².